The number of nitrogens with zero attached hydrogens (tertiary/aromatic N) is 2. The van der Waals surface area contributed by atoms with Crippen LogP contribution in [0.2, 0.25) is 0 Å². The molecule has 0 aliphatic carbocycles. The average molecular weight is 374 g/mol. The Morgan fingerprint density at radius 1 is 1.15 bits per heavy atom. The van der Waals surface area contributed by atoms with Crippen molar-refractivity contribution in [1.82, 2.24) is 4.31 Å². The van der Waals surface area contributed by atoms with Crippen LogP contribution in [0.3, 0.4) is 0 Å². The Hall–Kier alpha value is -2.38. The van der Waals surface area contributed by atoms with Crippen LogP contribution in [0.5, 0.6) is 5.75 Å². The van der Waals surface area contributed by atoms with Gasteiger partial charge in [0.15, 0.2) is 0 Å². The summed E-state index contributed by atoms with van der Waals surface area (Å²) in [6.45, 7) is 4.42. The van der Waals surface area contributed by atoms with Gasteiger partial charge < -0.3 is 9.64 Å². The van der Waals surface area contributed by atoms with Gasteiger partial charge in [-0.05, 0) is 44.2 Å². The first kappa shape index (κ1) is 18.4. The van der Waals surface area contributed by atoms with Gasteiger partial charge in [0.25, 0.3) is 5.91 Å². The third-order valence-electron chi connectivity index (χ3n) is 4.46. The standard InChI is InChI=1S/C19H22N2O4S/c1-14(2)20(3)26(23,24)16-8-6-7-15(13-16)19(22)21-11-12-25-18-10-5-4-9-17(18)21/h4-10,13-14H,11-12H2,1-3H3. The number of carbonyl (C=O) groups is 1. The minimum Gasteiger partial charge on any atom is -0.490 e. The molecule has 0 saturated carbocycles. The van der Waals surface area contributed by atoms with E-state index >= 15 is 0 Å². The first-order valence-electron chi connectivity index (χ1n) is 8.44. The van der Waals surface area contributed by atoms with Crippen LogP contribution >= 0.6 is 0 Å². The Labute approximate surface area is 154 Å². The second-order valence-corrected chi connectivity index (χ2v) is 8.41. The summed E-state index contributed by atoms with van der Waals surface area (Å²) in [7, 11) is -2.11. The number of rotatable bonds is 4. The lowest BCUT2D eigenvalue weighted by molar-refractivity contribution is 0.0976. The van der Waals surface area contributed by atoms with Gasteiger partial charge in [-0.25, -0.2) is 8.42 Å². The molecule has 0 unspecified atom stereocenters. The summed E-state index contributed by atoms with van der Waals surface area (Å²) in [5.74, 6) is 0.403. The van der Waals surface area contributed by atoms with E-state index in [0.717, 1.165) is 0 Å². The molecule has 7 heteroatoms. The molecule has 0 fully saturated rings. The highest BCUT2D eigenvalue weighted by Gasteiger charge is 2.27. The van der Waals surface area contributed by atoms with Crippen LogP contribution in [0.1, 0.15) is 24.2 Å². The molecular formula is C19H22N2O4S. The quantitative estimate of drug-likeness (QED) is 0.825. The molecule has 138 valence electrons. The fourth-order valence-electron chi connectivity index (χ4n) is 2.77. The van der Waals surface area contributed by atoms with Crippen LogP contribution in [0.4, 0.5) is 5.69 Å². The normalized spacial score (nSPS) is 14.3. The van der Waals surface area contributed by atoms with Gasteiger partial charge >= 0.3 is 0 Å². The van der Waals surface area contributed by atoms with Gasteiger partial charge in [0.2, 0.25) is 10.0 Å². The van der Waals surface area contributed by atoms with Crippen molar-refractivity contribution >= 4 is 21.6 Å². The Kier molecular flexibility index (Phi) is 5.02. The third kappa shape index (κ3) is 3.32. The number of fused-ring (bicyclic) bond motifs is 1. The van der Waals surface area contributed by atoms with E-state index in [1.165, 1.54) is 23.5 Å². The van der Waals surface area contributed by atoms with Crippen molar-refractivity contribution in [1.29, 1.82) is 0 Å². The fourth-order valence-corrected chi connectivity index (χ4v) is 4.18. The van der Waals surface area contributed by atoms with Crippen LogP contribution < -0.4 is 9.64 Å². The van der Waals surface area contributed by atoms with Crippen molar-refractivity contribution < 1.29 is 17.9 Å². The molecule has 0 bridgehead atoms. The molecule has 1 amide bonds. The second-order valence-electron chi connectivity index (χ2n) is 6.42. The second kappa shape index (κ2) is 7.09. The highest BCUT2D eigenvalue weighted by Crippen LogP contribution is 2.32. The Balaban J connectivity index is 1.96. The zero-order chi connectivity index (χ0) is 18.9. The lowest BCUT2D eigenvalue weighted by atomic mass is 10.1. The summed E-state index contributed by atoms with van der Waals surface area (Å²) in [6, 6.07) is 13.3. The lowest BCUT2D eigenvalue weighted by Gasteiger charge is -2.29. The Morgan fingerprint density at radius 2 is 1.88 bits per heavy atom. The van der Waals surface area contributed by atoms with Gasteiger partial charge in [0.1, 0.15) is 12.4 Å². The fraction of sp³-hybridized carbons (Fsp3) is 0.316. The van der Waals surface area contributed by atoms with Crippen LogP contribution in [-0.4, -0.2) is 44.9 Å². The zero-order valence-corrected chi connectivity index (χ0v) is 15.9. The largest absolute Gasteiger partial charge is 0.490 e. The monoisotopic (exact) mass is 374 g/mol. The van der Waals surface area contributed by atoms with Crippen LogP contribution in [0, 0.1) is 0 Å². The van der Waals surface area contributed by atoms with Crippen LogP contribution in [0.15, 0.2) is 53.4 Å². The van der Waals surface area contributed by atoms with E-state index in [9.17, 15) is 13.2 Å². The maximum Gasteiger partial charge on any atom is 0.258 e. The molecule has 0 saturated heterocycles. The number of hydrogen-bond acceptors (Lipinski definition) is 4. The number of benzene rings is 2. The molecule has 6 nitrogen and oxygen atoms in total. The summed E-state index contributed by atoms with van der Waals surface area (Å²) in [4.78, 5) is 14.7. The van der Waals surface area contributed by atoms with E-state index in [-0.39, 0.29) is 16.8 Å². The molecule has 0 aromatic heterocycles. The minimum absolute atomic E-state index is 0.112. The first-order chi connectivity index (χ1) is 12.3. The van der Waals surface area contributed by atoms with E-state index in [4.69, 9.17) is 4.74 Å². The number of ether oxygens (including phenoxy) is 1. The lowest BCUT2D eigenvalue weighted by Crippen LogP contribution is -2.38. The van der Waals surface area contributed by atoms with Crippen molar-refractivity contribution in [3.05, 3.63) is 54.1 Å². The summed E-state index contributed by atoms with van der Waals surface area (Å²) < 4.78 is 32.3. The topological polar surface area (TPSA) is 66.9 Å². The summed E-state index contributed by atoms with van der Waals surface area (Å²) in [6.07, 6.45) is 0. The molecular weight excluding hydrogens is 352 g/mol. The highest BCUT2D eigenvalue weighted by molar-refractivity contribution is 7.89. The van der Waals surface area contributed by atoms with E-state index in [2.05, 4.69) is 0 Å². The van der Waals surface area contributed by atoms with Gasteiger partial charge in [-0.2, -0.15) is 4.31 Å². The first-order valence-corrected chi connectivity index (χ1v) is 9.88. The summed E-state index contributed by atoms with van der Waals surface area (Å²) in [5, 5.41) is 0. The van der Waals surface area contributed by atoms with Crippen molar-refractivity contribution in [3.63, 3.8) is 0 Å². The zero-order valence-electron chi connectivity index (χ0n) is 15.0. The van der Waals surface area contributed by atoms with Crippen molar-refractivity contribution in [2.24, 2.45) is 0 Å². The molecule has 1 heterocycles. The van der Waals surface area contributed by atoms with Gasteiger partial charge in [0.05, 0.1) is 17.1 Å². The van der Waals surface area contributed by atoms with Crippen LogP contribution in [0.25, 0.3) is 0 Å². The summed E-state index contributed by atoms with van der Waals surface area (Å²) in [5.41, 5.74) is 1.02. The summed E-state index contributed by atoms with van der Waals surface area (Å²) >= 11 is 0. The van der Waals surface area contributed by atoms with E-state index in [0.29, 0.717) is 30.2 Å². The number of amides is 1. The maximum atomic E-state index is 13.0. The predicted octanol–water partition coefficient (Wildman–Crippen LogP) is 2.75. The molecule has 1 aliphatic rings. The molecule has 0 N–H and O–H groups in total. The molecule has 0 radical (unpaired) electrons. The van der Waals surface area contributed by atoms with Gasteiger partial charge in [0, 0.05) is 18.7 Å². The SMILES string of the molecule is CC(C)N(C)S(=O)(=O)c1cccc(C(=O)N2CCOc3ccccc32)c1. The number of hydrogen-bond donors (Lipinski definition) is 0. The Bertz CT molecular complexity index is 925. The highest BCUT2D eigenvalue weighted by atomic mass is 32.2. The van der Waals surface area contributed by atoms with Gasteiger partial charge in [-0.15, -0.1) is 0 Å². The van der Waals surface area contributed by atoms with E-state index in [1.54, 1.807) is 30.9 Å². The molecule has 26 heavy (non-hydrogen) atoms. The number of carbonyl (C=O) groups excluding carboxylic acids is 1. The van der Waals surface area contributed by atoms with Crippen molar-refractivity contribution in [2.45, 2.75) is 24.8 Å². The Morgan fingerprint density at radius 3 is 2.62 bits per heavy atom. The van der Waals surface area contributed by atoms with E-state index < -0.39 is 10.0 Å². The minimum atomic E-state index is -3.65. The van der Waals surface area contributed by atoms with Gasteiger partial charge in [-0.3, -0.25) is 4.79 Å². The third-order valence-corrected chi connectivity index (χ3v) is 6.49. The molecule has 2 aromatic carbocycles. The number of para-hydroxylation sites is 2. The molecule has 0 spiro atoms. The van der Waals surface area contributed by atoms with Crippen molar-refractivity contribution in [2.75, 3.05) is 25.1 Å². The number of anilines is 1. The molecule has 1 aliphatic heterocycles. The van der Waals surface area contributed by atoms with Crippen molar-refractivity contribution in [3.8, 4) is 5.75 Å². The molecule has 3 rings (SSSR count). The molecule has 2 aromatic rings. The van der Waals surface area contributed by atoms with Crippen LogP contribution in [-0.2, 0) is 10.0 Å². The molecule has 0 atom stereocenters. The van der Waals surface area contributed by atoms with Gasteiger partial charge in [-0.1, -0.05) is 18.2 Å². The maximum absolute atomic E-state index is 13.0. The van der Waals surface area contributed by atoms with E-state index in [1.807, 2.05) is 24.3 Å². The smallest absolute Gasteiger partial charge is 0.258 e. The number of sulfonamides is 1. The predicted molar refractivity (Wildman–Crippen MR) is 100 cm³/mol. The average Bonchev–Trinajstić information content (AvgIpc) is 2.66.